The number of hydrogen-bond acceptors (Lipinski definition) is 5. The van der Waals surface area contributed by atoms with E-state index in [4.69, 9.17) is 9.47 Å². The maximum absolute atomic E-state index is 13.7. The summed E-state index contributed by atoms with van der Waals surface area (Å²) in [4.78, 5) is 30.5. The van der Waals surface area contributed by atoms with Crippen molar-refractivity contribution in [1.29, 1.82) is 0 Å². The highest BCUT2D eigenvalue weighted by Crippen LogP contribution is 2.47. The number of fused-ring (bicyclic) bond motifs is 1. The number of nitrogens with zero attached hydrogens (tertiary/aromatic N) is 2. The standard InChI is InChI=1S/C38H48N2O5Si/c1-26-34(20-14-27-9-7-11-29(23-27)40-33-13-6-5-10-28(33)15-21-36(40)42)45-35(24-37(43)39-22-8-12-30(39)25-41)38(26)46(3,4)32-18-16-31(44-2)17-19-32/h5-7,9-11,13,16-19,23,26,30,34-35,38,41H,8,12,14-15,20-22,24-25H2,1-4H3/t26-,30+,34+,35-,38+/m1/s1. The third-order valence-corrected chi connectivity index (χ3v) is 15.2. The van der Waals surface area contributed by atoms with E-state index in [0.717, 1.165) is 49.2 Å². The molecule has 8 heteroatoms. The molecule has 2 fully saturated rings. The number of aliphatic hydroxyl groups is 1. The van der Waals surface area contributed by atoms with Gasteiger partial charge in [-0.2, -0.15) is 0 Å². The lowest BCUT2D eigenvalue weighted by atomic mass is 9.94. The number of likely N-dealkylation sites (tertiary alicyclic amines) is 1. The lowest BCUT2D eigenvalue weighted by Gasteiger charge is -2.36. The van der Waals surface area contributed by atoms with Crippen LogP contribution in [0.5, 0.6) is 5.75 Å². The van der Waals surface area contributed by atoms with Crippen molar-refractivity contribution in [1.82, 2.24) is 4.90 Å². The van der Waals surface area contributed by atoms with Crippen LogP contribution in [0.2, 0.25) is 18.6 Å². The Morgan fingerprint density at radius 1 is 1.02 bits per heavy atom. The normalized spacial score (nSPS) is 24.7. The summed E-state index contributed by atoms with van der Waals surface area (Å²) in [6, 6.07) is 24.9. The third-order valence-electron chi connectivity index (χ3n) is 10.8. The second kappa shape index (κ2) is 13.7. The maximum atomic E-state index is 13.7. The molecule has 7 nitrogen and oxygen atoms in total. The van der Waals surface area contributed by atoms with E-state index < -0.39 is 8.07 Å². The van der Waals surface area contributed by atoms with Crippen LogP contribution in [0.1, 0.15) is 50.2 Å². The van der Waals surface area contributed by atoms with Crippen molar-refractivity contribution in [3.8, 4) is 5.75 Å². The fourth-order valence-electron chi connectivity index (χ4n) is 8.36. The second-order valence-corrected chi connectivity index (χ2v) is 18.6. The molecule has 5 atom stereocenters. The van der Waals surface area contributed by atoms with Crippen molar-refractivity contribution in [2.75, 3.05) is 25.2 Å². The Hall–Kier alpha value is -3.46. The van der Waals surface area contributed by atoms with Crippen LogP contribution in [0, 0.1) is 5.92 Å². The van der Waals surface area contributed by atoms with Gasteiger partial charge in [0, 0.05) is 18.7 Å². The summed E-state index contributed by atoms with van der Waals surface area (Å²) >= 11 is 0. The number of carbonyl (C=O) groups is 2. The predicted octanol–water partition coefficient (Wildman–Crippen LogP) is 6.00. The number of carbonyl (C=O) groups excluding carboxylic acids is 2. The number of hydrogen-bond donors (Lipinski definition) is 1. The molecule has 0 aromatic heterocycles. The number of para-hydroxylation sites is 1. The van der Waals surface area contributed by atoms with Crippen molar-refractivity contribution >= 4 is 36.4 Å². The number of benzene rings is 3. The van der Waals surface area contributed by atoms with E-state index in [-0.39, 0.29) is 48.1 Å². The van der Waals surface area contributed by atoms with Gasteiger partial charge in [0.05, 0.1) is 52.1 Å². The minimum Gasteiger partial charge on any atom is -0.497 e. The van der Waals surface area contributed by atoms with Gasteiger partial charge in [0.2, 0.25) is 11.8 Å². The van der Waals surface area contributed by atoms with E-state index in [0.29, 0.717) is 19.4 Å². The Kier molecular flexibility index (Phi) is 9.69. The first-order chi connectivity index (χ1) is 22.2. The highest BCUT2D eigenvalue weighted by atomic mass is 28.3. The van der Waals surface area contributed by atoms with Gasteiger partial charge >= 0.3 is 0 Å². The Labute approximate surface area is 274 Å². The Bertz CT molecular complexity index is 1540. The highest BCUT2D eigenvalue weighted by Gasteiger charge is 2.51. The van der Waals surface area contributed by atoms with Crippen LogP contribution >= 0.6 is 0 Å². The molecule has 0 radical (unpaired) electrons. The summed E-state index contributed by atoms with van der Waals surface area (Å²) in [7, 11) is -0.420. The maximum Gasteiger partial charge on any atom is 0.231 e. The first-order valence-electron chi connectivity index (χ1n) is 16.9. The van der Waals surface area contributed by atoms with Crippen molar-refractivity contribution in [3.05, 3.63) is 83.9 Å². The van der Waals surface area contributed by atoms with E-state index >= 15 is 0 Å². The summed E-state index contributed by atoms with van der Waals surface area (Å²) < 4.78 is 12.3. The molecule has 0 spiro atoms. The predicted molar refractivity (Wildman–Crippen MR) is 185 cm³/mol. The van der Waals surface area contributed by atoms with E-state index in [1.807, 2.05) is 52.3 Å². The topological polar surface area (TPSA) is 79.3 Å². The quantitative estimate of drug-likeness (QED) is 0.275. The second-order valence-electron chi connectivity index (χ2n) is 13.9. The van der Waals surface area contributed by atoms with E-state index in [2.05, 4.69) is 50.3 Å². The highest BCUT2D eigenvalue weighted by molar-refractivity contribution is 6.91. The largest absolute Gasteiger partial charge is 0.497 e. The third kappa shape index (κ3) is 6.40. The van der Waals surface area contributed by atoms with Crippen LogP contribution in [-0.4, -0.2) is 68.4 Å². The molecule has 2 amide bonds. The summed E-state index contributed by atoms with van der Waals surface area (Å²) in [5.41, 5.74) is 4.52. The molecular weight excluding hydrogens is 593 g/mol. The minimum absolute atomic E-state index is 0.0134. The molecule has 0 bridgehead atoms. The number of ether oxygens (including phenoxy) is 2. The number of amides is 2. The first-order valence-corrected chi connectivity index (χ1v) is 20.0. The van der Waals surface area contributed by atoms with Gasteiger partial charge in [0.15, 0.2) is 0 Å². The van der Waals surface area contributed by atoms with Crippen LogP contribution in [0.4, 0.5) is 11.4 Å². The number of aryl methyl sites for hydroxylation is 2. The molecule has 0 unspecified atom stereocenters. The molecule has 3 heterocycles. The van der Waals surface area contributed by atoms with Crippen LogP contribution in [0.25, 0.3) is 0 Å². The van der Waals surface area contributed by atoms with Gasteiger partial charge in [-0.3, -0.25) is 14.5 Å². The fourth-order valence-corrected chi connectivity index (χ4v) is 12.4. The molecule has 6 rings (SSSR count). The average Bonchev–Trinajstić information content (AvgIpc) is 3.68. The lowest BCUT2D eigenvalue weighted by molar-refractivity contribution is -0.135. The van der Waals surface area contributed by atoms with Crippen molar-refractivity contribution in [2.45, 2.75) is 88.8 Å². The minimum atomic E-state index is -2.11. The molecule has 3 aliphatic rings. The molecule has 0 aliphatic carbocycles. The monoisotopic (exact) mass is 640 g/mol. The van der Waals surface area contributed by atoms with Gasteiger partial charge in [-0.1, -0.05) is 67.7 Å². The lowest BCUT2D eigenvalue weighted by Crippen LogP contribution is -2.51. The summed E-state index contributed by atoms with van der Waals surface area (Å²) in [5, 5.41) is 11.2. The zero-order chi connectivity index (χ0) is 32.4. The van der Waals surface area contributed by atoms with Gasteiger partial charge in [-0.25, -0.2) is 0 Å². The Morgan fingerprint density at radius 2 is 1.80 bits per heavy atom. The van der Waals surface area contributed by atoms with Crippen LogP contribution in [0.3, 0.4) is 0 Å². The van der Waals surface area contributed by atoms with E-state index in [1.165, 1.54) is 16.3 Å². The van der Waals surface area contributed by atoms with Gasteiger partial charge in [0.1, 0.15) is 5.75 Å². The summed E-state index contributed by atoms with van der Waals surface area (Å²) in [6.45, 7) is 7.84. The summed E-state index contributed by atoms with van der Waals surface area (Å²) in [6.07, 6.45) is 4.94. The molecule has 244 valence electrons. The average molecular weight is 641 g/mol. The zero-order valence-electron chi connectivity index (χ0n) is 27.7. The van der Waals surface area contributed by atoms with Gasteiger partial charge in [-0.05, 0) is 85.0 Å². The van der Waals surface area contributed by atoms with Crippen LogP contribution in [0.15, 0.2) is 72.8 Å². The molecule has 0 saturated carbocycles. The molecule has 46 heavy (non-hydrogen) atoms. The number of rotatable bonds is 10. The van der Waals surface area contributed by atoms with Crippen LogP contribution in [-0.2, 0) is 27.2 Å². The van der Waals surface area contributed by atoms with Crippen molar-refractivity contribution < 1.29 is 24.2 Å². The SMILES string of the molecule is COc1ccc([Si](C)(C)[C@H]2[C@H](C)[C@H](CCc3cccc(N4C(=O)CCc5ccccc54)c3)O[C@@H]2CC(=O)N2CCC[C@H]2CO)cc1. The van der Waals surface area contributed by atoms with Gasteiger partial charge in [0.25, 0.3) is 0 Å². The Balaban J connectivity index is 1.22. The molecule has 2 saturated heterocycles. The first kappa shape index (κ1) is 32.5. The van der Waals surface area contributed by atoms with E-state index in [9.17, 15) is 14.7 Å². The number of anilines is 2. The molecule has 3 aromatic carbocycles. The smallest absolute Gasteiger partial charge is 0.231 e. The van der Waals surface area contributed by atoms with Gasteiger partial charge < -0.3 is 19.5 Å². The van der Waals surface area contributed by atoms with Gasteiger partial charge in [-0.15, -0.1) is 0 Å². The van der Waals surface area contributed by atoms with Crippen molar-refractivity contribution in [3.63, 3.8) is 0 Å². The molecule has 1 N–H and O–H groups in total. The van der Waals surface area contributed by atoms with Crippen LogP contribution < -0.4 is 14.8 Å². The van der Waals surface area contributed by atoms with E-state index in [1.54, 1.807) is 7.11 Å². The summed E-state index contributed by atoms with van der Waals surface area (Å²) in [5.74, 6) is 1.34. The Morgan fingerprint density at radius 3 is 2.57 bits per heavy atom. The number of aliphatic hydroxyl groups excluding tert-OH is 1. The molecule has 3 aliphatic heterocycles. The molecular formula is C38H48N2O5Si. The van der Waals surface area contributed by atoms with Crippen molar-refractivity contribution in [2.24, 2.45) is 5.92 Å². The zero-order valence-corrected chi connectivity index (χ0v) is 28.7. The number of methoxy groups -OCH3 is 1. The molecule has 3 aromatic rings. The fraction of sp³-hybridized carbons (Fsp3) is 0.474.